The third-order valence-electron chi connectivity index (χ3n) is 4.09. The van der Waals surface area contributed by atoms with Crippen molar-refractivity contribution >= 4 is 12.0 Å². The van der Waals surface area contributed by atoms with E-state index in [0.29, 0.717) is 32.0 Å². The second-order valence-corrected chi connectivity index (χ2v) is 5.73. The number of hydrogen-bond acceptors (Lipinski definition) is 3. The molecule has 6 nitrogen and oxygen atoms in total. The molecule has 2 rings (SSSR count). The van der Waals surface area contributed by atoms with E-state index in [9.17, 15) is 9.59 Å². The van der Waals surface area contributed by atoms with Crippen LogP contribution in [0.1, 0.15) is 19.3 Å². The van der Waals surface area contributed by atoms with E-state index < -0.39 is 11.9 Å². The number of carbonyl (C=O) groups excluding carboxylic acids is 1. The van der Waals surface area contributed by atoms with E-state index in [-0.39, 0.29) is 6.03 Å². The number of amides is 2. The van der Waals surface area contributed by atoms with Crippen molar-refractivity contribution in [3.05, 3.63) is 0 Å². The Morgan fingerprint density at radius 3 is 2.68 bits per heavy atom. The number of carboxylic acids is 1. The summed E-state index contributed by atoms with van der Waals surface area (Å²) < 4.78 is 0. The second-order valence-electron chi connectivity index (χ2n) is 5.73. The van der Waals surface area contributed by atoms with E-state index in [1.54, 1.807) is 4.90 Å². The van der Waals surface area contributed by atoms with Crippen LogP contribution in [-0.4, -0.2) is 66.7 Å². The molecule has 1 unspecified atom stereocenters. The maximum absolute atomic E-state index is 12.0. The molecule has 2 N–H and O–H groups in total. The van der Waals surface area contributed by atoms with Crippen LogP contribution in [0.15, 0.2) is 0 Å². The van der Waals surface area contributed by atoms with Gasteiger partial charge in [0.1, 0.15) is 0 Å². The van der Waals surface area contributed by atoms with Crippen LogP contribution in [0.2, 0.25) is 0 Å². The third kappa shape index (κ3) is 3.83. The molecule has 6 heteroatoms. The number of piperidine rings is 1. The van der Waals surface area contributed by atoms with Crippen LogP contribution in [0.25, 0.3) is 0 Å². The highest BCUT2D eigenvalue weighted by Crippen LogP contribution is 2.17. The van der Waals surface area contributed by atoms with Gasteiger partial charge in [0, 0.05) is 26.2 Å². The lowest BCUT2D eigenvalue weighted by Crippen LogP contribution is -2.48. The number of carboxylic acid groups (broad SMARTS) is 1. The predicted molar refractivity (Wildman–Crippen MR) is 70.9 cm³/mol. The molecule has 2 fully saturated rings. The first-order valence-corrected chi connectivity index (χ1v) is 7.00. The molecule has 2 saturated heterocycles. The Hall–Kier alpha value is -1.30. The predicted octanol–water partition coefficient (Wildman–Crippen LogP) is 0.444. The number of hydrogen-bond donors (Lipinski definition) is 2. The van der Waals surface area contributed by atoms with Crippen LogP contribution < -0.4 is 5.32 Å². The molecule has 2 amide bonds. The molecule has 0 aromatic carbocycles. The average Bonchev–Trinajstić information content (AvgIpc) is 2.82. The second kappa shape index (κ2) is 6.23. The minimum atomic E-state index is -0.796. The summed E-state index contributed by atoms with van der Waals surface area (Å²) in [5.41, 5.74) is 0. The molecule has 0 saturated carbocycles. The van der Waals surface area contributed by atoms with Gasteiger partial charge in [-0.25, -0.2) is 4.79 Å². The summed E-state index contributed by atoms with van der Waals surface area (Å²) in [7, 11) is 2.09. The van der Waals surface area contributed by atoms with Gasteiger partial charge in [-0.2, -0.15) is 0 Å². The highest BCUT2D eigenvalue weighted by Gasteiger charge is 2.28. The van der Waals surface area contributed by atoms with E-state index in [0.717, 1.165) is 25.9 Å². The lowest BCUT2D eigenvalue weighted by molar-refractivity contribution is -0.143. The first kappa shape index (κ1) is 14.1. The number of nitrogens with one attached hydrogen (secondary N) is 1. The molecule has 0 radical (unpaired) electrons. The Balaban J connectivity index is 1.74. The van der Waals surface area contributed by atoms with Crippen LogP contribution >= 0.6 is 0 Å². The van der Waals surface area contributed by atoms with Crippen LogP contribution in [0, 0.1) is 11.8 Å². The van der Waals surface area contributed by atoms with Crippen molar-refractivity contribution in [2.45, 2.75) is 19.3 Å². The molecular weight excluding hydrogens is 246 g/mol. The minimum Gasteiger partial charge on any atom is -0.481 e. The van der Waals surface area contributed by atoms with Gasteiger partial charge in [-0.15, -0.1) is 0 Å². The van der Waals surface area contributed by atoms with Gasteiger partial charge in [0.15, 0.2) is 0 Å². The lowest BCUT2D eigenvalue weighted by atomic mass is 9.99. The van der Waals surface area contributed by atoms with E-state index in [2.05, 4.69) is 17.3 Å². The first-order chi connectivity index (χ1) is 9.06. The van der Waals surface area contributed by atoms with Crippen molar-refractivity contribution in [3.63, 3.8) is 0 Å². The normalized spacial score (nSPS) is 28.4. The monoisotopic (exact) mass is 269 g/mol. The van der Waals surface area contributed by atoms with Gasteiger partial charge in [0.2, 0.25) is 0 Å². The van der Waals surface area contributed by atoms with Crippen molar-refractivity contribution in [2.75, 3.05) is 39.8 Å². The van der Waals surface area contributed by atoms with Crippen molar-refractivity contribution in [2.24, 2.45) is 11.8 Å². The first-order valence-electron chi connectivity index (χ1n) is 7.00. The van der Waals surface area contributed by atoms with Crippen LogP contribution in [0.4, 0.5) is 4.79 Å². The standard InChI is InChI=1S/C13H23N3O3/c1-15-6-4-10(8-15)7-14-13(19)16-5-2-3-11(9-16)12(17)18/h10-11H,2-9H2,1H3,(H,14,19)(H,17,18)/t10?,11-/m0/s1. The fourth-order valence-electron chi connectivity index (χ4n) is 2.90. The molecular formula is C13H23N3O3. The zero-order valence-corrected chi connectivity index (χ0v) is 11.5. The van der Waals surface area contributed by atoms with Crippen LogP contribution in [0.3, 0.4) is 0 Å². The molecule has 0 spiro atoms. The number of nitrogens with zero attached hydrogens (tertiary/aromatic N) is 2. The Morgan fingerprint density at radius 1 is 1.26 bits per heavy atom. The molecule has 2 heterocycles. The van der Waals surface area contributed by atoms with E-state index in [4.69, 9.17) is 5.11 Å². The number of urea groups is 1. The summed E-state index contributed by atoms with van der Waals surface area (Å²) in [5.74, 6) is -0.680. The molecule has 2 aliphatic heterocycles. The molecule has 0 aliphatic carbocycles. The van der Waals surface area contributed by atoms with Gasteiger partial charge in [-0.05, 0) is 38.8 Å². The molecule has 2 aliphatic rings. The van der Waals surface area contributed by atoms with Gasteiger partial charge in [0.05, 0.1) is 5.92 Å². The topological polar surface area (TPSA) is 72.9 Å². The molecule has 108 valence electrons. The zero-order chi connectivity index (χ0) is 13.8. The fourth-order valence-corrected chi connectivity index (χ4v) is 2.90. The summed E-state index contributed by atoms with van der Waals surface area (Å²) >= 11 is 0. The minimum absolute atomic E-state index is 0.111. The maximum atomic E-state index is 12.0. The van der Waals surface area contributed by atoms with Gasteiger partial charge < -0.3 is 20.2 Å². The SMILES string of the molecule is CN1CCC(CNC(=O)N2CCC[C@H](C(=O)O)C2)C1. The van der Waals surface area contributed by atoms with Crippen molar-refractivity contribution < 1.29 is 14.7 Å². The molecule has 0 bridgehead atoms. The van der Waals surface area contributed by atoms with E-state index in [1.807, 2.05) is 0 Å². The molecule has 2 atom stereocenters. The Morgan fingerprint density at radius 2 is 2.05 bits per heavy atom. The maximum Gasteiger partial charge on any atom is 0.317 e. The number of likely N-dealkylation sites (tertiary alicyclic amines) is 2. The third-order valence-corrected chi connectivity index (χ3v) is 4.09. The van der Waals surface area contributed by atoms with Gasteiger partial charge in [-0.1, -0.05) is 0 Å². The van der Waals surface area contributed by atoms with Crippen molar-refractivity contribution in [3.8, 4) is 0 Å². The summed E-state index contributed by atoms with van der Waals surface area (Å²) in [4.78, 5) is 26.9. The number of rotatable bonds is 3. The largest absolute Gasteiger partial charge is 0.481 e. The van der Waals surface area contributed by atoms with Crippen molar-refractivity contribution in [1.82, 2.24) is 15.1 Å². The smallest absolute Gasteiger partial charge is 0.317 e. The van der Waals surface area contributed by atoms with Crippen LogP contribution in [-0.2, 0) is 4.79 Å². The van der Waals surface area contributed by atoms with E-state index in [1.165, 1.54) is 0 Å². The Labute approximate surface area is 113 Å². The fraction of sp³-hybridized carbons (Fsp3) is 0.846. The zero-order valence-electron chi connectivity index (χ0n) is 11.5. The summed E-state index contributed by atoms with van der Waals surface area (Å²) in [6.45, 7) is 3.81. The molecule has 19 heavy (non-hydrogen) atoms. The van der Waals surface area contributed by atoms with Gasteiger partial charge >= 0.3 is 12.0 Å². The summed E-state index contributed by atoms with van der Waals surface area (Å²) in [6.07, 6.45) is 2.57. The Kier molecular flexibility index (Phi) is 4.63. The molecule has 0 aromatic heterocycles. The highest BCUT2D eigenvalue weighted by molar-refractivity contribution is 5.76. The van der Waals surface area contributed by atoms with E-state index >= 15 is 0 Å². The van der Waals surface area contributed by atoms with Crippen molar-refractivity contribution in [1.29, 1.82) is 0 Å². The van der Waals surface area contributed by atoms with Crippen LogP contribution in [0.5, 0.6) is 0 Å². The highest BCUT2D eigenvalue weighted by atomic mass is 16.4. The quantitative estimate of drug-likeness (QED) is 0.780. The number of aliphatic carboxylic acids is 1. The molecule has 0 aromatic rings. The lowest BCUT2D eigenvalue weighted by Gasteiger charge is -2.31. The summed E-state index contributed by atoms with van der Waals surface area (Å²) in [5, 5.41) is 11.9. The average molecular weight is 269 g/mol. The van der Waals surface area contributed by atoms with Gasteiger partial charge in [0.25, 0.3) is 0 Å². The van der Waals surface area contributed by atoms with Gasteiger partial charge in [-0.3, -0.25) is 4.79 Å². The summed E-state index contributed by atoms with van der Waals surface area (Å²) in [6, 6.07) is -0.111. The number of carbonyl (C=O) groups is 2. The Bertz CT molecular complexity index is 348.